The topological polar surface area (TPSA) is 88.3 Å². The van der Waals surface area contributed by atoms with E-state index in [9.17, 15) is 15.2 Å². The zero-order valence-electron chi connectivity index (χ0n) is 10.6. The van der Waals surface area contributed by atoms with Crippen molar-refractivity contribution in [3.63, 3.8) is 0 Å². The summed E-state index contributed by atoms with van der Waals surface area (Å²) in [5, 5.41) is 23.6. The zero-order valence-corrected chi connectivity index (χ0v) is 11.5. The minimum absolute atomic E-state index is 0.0334. The van der Waals surface area contributed by atoms with Crippen LogP contribution in [0.5, 0.6) is 0 Å². The van der Waals surface area contributed by atoms with E-state index in [1.54, 1.807) is 25.6 Å². The van der Waals surface area contributed by atoms with E-state index in [0.717, 1.165) is 0 Å². The Morgan fingerprint density at radius 2 is 2.33 bits per heavy atom. The molecule has 1 unspecified atom stereocenters. The molecule has 1 aromatic heterocycles. The second-order valence-corrected chi connectivity index (χ2v) is 5.27. The molecule has 2 N–H and O–H groups in total. The summed E-state index contributed by atoms with van der Waals surface area (Å²) < 4.78 is 0. The van der Waals surface area contributed by atoms with Crippen LogP contribution in [0.2, 0.25) is 0 Å². The van der Waals surface area contributed by atoms with Crippen LogP contribution >= 0.6 is 11.8 Å². The van der Waals surface area contributed by atoms with Crippen LogP contribution < -0.4 is 5.32 Å². The van der Waals surface area contributed by atoms with Crippen molar-refractivity contribution >= 4 is 23.3 Å². The number of nitrogens with one attached hydrogen (secondary N) is 1. The highest BCUT2D eigenvalue weighted by molar-refractivity contribution is 7.98. The number of rotatable bonds is 6. The second kappa shape index (κ2) is 6.01. The number of hydrogen-bond donors (Lipinski definition) is 2. The number of hydrogen-bond acceptors (Lipinski definition) is 6. The Morgan fingerprint density at radius 3 is 2.83 bits per heavy atom. The number of pyridine rings is 1. The third kappa shape index (κ3) is 4.15. The summed E-state index contributed by atoms with van der Waals surface area (Å²) in [4.78, 5) is 14.1. The summed E-state index contributed by atoms with van der Waals surface area (Å²) >= 11 is 1.55. The van der Waals surface area contributed by atoms with Crippen molar-refractivity contribution in [2.45, 2.75) is 19.4 Å². The van der Waals surface area contributed by atoms with Gasteiger partial charge in [-0.2, -0.15) is 11.8 Å². The summed E-state index contributed by atoms with van der Waals surface area (Å²) in [6.45, 7) is 3.82. The van der Waals surface area contributed by atoms with Gasteiger partial charge in [-0.1, -0.05) is 0 Å². The van der Waals surface area contributed by atoms with E-state index in [1.807, 2.05) is 6.26 Å². The van der Waals surface area contributed by atoms with E-state index >= 15 is 0 Å². The van der Waals surface area contributed by atoms with Gasteiger partial charge < -0.3 is 10.4 Å². The number of aliphatic hydroxyl groups is 1. The Kier molecular flexibility index (Phi) is 4.92. The van der Waals surface area contributed by atoms with Gasteiger partial charge in [0, 0.05) is 18.4 Å². The molecule has 1 aromatic rings. The van der Waals surface area contributed by atoms with Crippen LogP contribution in [0.25, 0.3) is 0 Å². The number of nitrogens with zero attached hydrogens (tertiary/aromatic N) is 2. The Labute approximate surface area is 110 Å². The summed E-state index contributed by atoms with van der Waals surface area (Å²) in [6.07, 6.45) is 3.13. The lowest BCUT2D eigenvalue weighted by atomic mass is 10.1. The van der Waals surface area contributed by atoms with Crippen molar-refractivity contribution in [1.29, 1.82) is 0 Å². The van der Waals surface area contributed by atoms with Crippen molar-refractivity contribution in [3.05, 3.63) is 27.9 Å². The van der Waals surface area contributed by atoms with E-state index < -0.39 is 10.5 Å². The van der Waals surface area contributed by atoms with Gasteiger partial charge in [-0.25, -0.2) is 4.98 Å². The Balaban J connectivity index is 2.71. The number of aryl methyl sites for hydroxylation is 1. The molecule has 0 saturated carbocycles. The minimum Gasteiger partial charge on any atom is -0.387 e. The van der Waals surface area contributed by atoms with Crippen molar-refractivity contribution in [2.75, 3.05) is 23.9 Å². The molecule has 0 aliphatic rings. The molecule has 7 heteroatoms. The fourth-order valence-corrected chi connectivity index (χ4v) is 2.20. The molecule has 1 rings (SSSR count). The van der Waals surface area contributed by atoms with Gasteiger partial charge in [-0.15, -0.1) is 0 Å². The molecule has 0 aliphatic carbocycles. The molecule has 0 saturated heterocycles. The first-order chi connectivity index (χ1) is 8.35. The highest BCUT2D eigenvalue weighted by Gasteiger charge is 2.20. The molecule has 6 nitrogen and oxygen atoms in total. The predicted octanol–water partition coefficient (Wildman–Crippen LogP) is 1.82. The average molecular weight is 271 g/mol. The van der Waals surface area contributed by atoms with Crippen molar-refractivity contribution in [2.24, 2.45) is 0 Å². The second-order valence-electron chi connectivity index (χ2n) is 4.40. The predicted molar refractivity (Wildman–Crippen MR) is 73.1 cm³/mol. The first-order valence-electron chi connectivity index (χ1n) is 5.42. The lowest BCUT2D eigenvalue weighted by Crippen LogP contribution is -2.36. The normalized spacial score (nSPS) is 14.0. The summed E-state index contributed by atoms with van der Waals surface area (Å²) in [5.41, 5.74) is -0.187. The largest absolute Gasteiger partial charge is 0.387 e. The van der Waals surface area contributed by atoms with Crippen LogP contribution in [0.4, 0.5) is 11.5 Å². The first-order valence-corrected chi connectivity index (χ1v) is 6.81. The SMILES string of the molecule is CSCC(C)(O)CNc1ncc([N+](=O)[O-])cc1C. The third-order valence-electron chi connectivity index (χ3n) is 2.37. The van der Waals surface area contributed by atoms with Crippen LogP contribution in [0, 0.1) is 17.0 Å². The van der Waals surface area contributed by atoms with E-state index in [4.69, 9.17) is 0 Å². The van der Waals surface area contributed by atoms with Gasteiger partial charge in [0.2, 0.25) is 0 Å². The highest BCUT2D eigenvalue weighted by atomic mass is 32.2. The summed E-state index contributed by atoms with van der Waals surface area (Å²) in [5.74, 6) is 1.16. The van der Waals surface area contributed by atoms with E-state index in [2.05, 4.69) is 10.3 Å². The maximum absolute atomic E-state index is 10.6. The smallest absolute Gasteiger partial charge is 0.287 e. The van der Waals surface area contributed by atoms with Gasteiger partial charge in [0.05, 0.1) is 10.5 Å². The summed E-state index contributed by atoms with van der Waals surface area (Å²) in [6, 6.07) is 1.46. The Hall–Kier alpha value is -1.34. The maximum Gasteiger partial charge on any atom is 0.287 e. The maximum atomic E-state index is 10.6. The number of aromatic nitrogens is 1. The zero-order chi connectivity index (χ0) is 13.8. The fraction of sp³-hybridized carbons (Fsp3) is 0.545. The molecule has 0 radical (unpaired) electrons. The molecule has 100 valence electrons. The van der Waals surface area contributed by atoms with E-state index in [1.165, 1.54) is 12.3 Å². The molecular formula is C11H17N3O3S. The molecule has 1 atom stereocenters. The van der Waals surface area contributed by atoms with Gasteiger partial charge in [-0.3, -0.25) is 10.1 Å². The van der Waals surface area contributed by atoms with Crippen LogP contribution in [0.15, 0.2) is 12.3 Å². The molecule has 0 bridgehead atoms. The molecular weight excluding hydrogens is 254 g/mol. The molecule has 0 aliphatic heterocycles. The van der Waals surface area contributed by atoms with Crippen LogP contribution in [0.1, 0.15) is 12.5 Å². The molecule has 0 amide bonds. The first kappa shape index (κ1) is 14.7. The quantitative estimate of drug-likeness (QED) is 0.606. The Bertz CT molecular complexity index is 438. The van der Waals surface area contributed by atoms with Crippen molar-refractivity contribution in [1.82, 2.24) is 4.98 Å². The standard InChI is InChI=1S/C11H17N3O3S/c1-8-4-9(14(16)17)5-12-10(8)13-6-11(2,15)7-18-3/h4-5,15H,6-7H2,1-3H3,(H,12,13). The molecule has 0 aromatic carbocycles. The lowest BCUT2D eigenvalue weighted by molar-refractivity contribution is -0.385. The average Bonchev–Trinajstić information content (AvgIpc) is 2.27. The molecule has 1 heterocycles. The molecule has 0 spiro atoms. The van der Waals surface area contributed by atoms with Gasteiger partial charge in [0.25, 0.3) is 5.69 Å². The number of nitro groups is 1. The van der Waals surface area contributed by atoms with Crippen molar-refractivity contribution in [3.8, 4) is 0 Å². The van der Waals surface area contributed by atoms with E-state index in [-0.39, 0.29) is 5.69 Å². The van der Waals surface area contributed by atoms with Crippen LogP contribution in [-0.4, -0.2) is 39.2 Å². The van der Waals surface area contributed by atoms with Gasteiger partial charge in [0.15, 0.2) is 0 Å². The van der Waals surface area contributed by atoms with Crippen molar-refractivity contribution < 1.29 is 10.0 Å². The minimum atomic E-state index is -0.838. The van der Waals surface area contributed by atoms with E-state index in [0.29, 0.717) is 23.7 Å². The van der Waals surface area contributed by atoms with Crippen LogP contribution in [0.3, 0.4) is 0 Å². The van der Waals surface area contributed by atoms with Gasteiger partial charge >= 0.3 is 0 Å². The number of anilines is 1. The van der Waals surface area contributed by atoms with Crippen LogP contribution in [-0.2, 0) is 0 Å². The highest BCUT2D eigenvalue weighted by Crippen LogP contribution is 2.19. The summed E-state index contributed by atoms with van der Waals surface area (Å²) in [7, 11) is 0. The lowest BCUT2D eigenvalue weighted by Gasteiger charge is -2.23. The molecule has 0 fully saturated rings. The Morgan fingerprint density at radius 1 is 1.67 bits per heavy atom. The van der Waals surface area contributed by atoms with Gasteiger partial charge in [-0.05, 0) is 25.7 Å². The third-order valence-corrected chi connectivity index (χ3v) is 3.28. The van der Waals surface area contributed by atoms with Gasteiger partial charge in [0.1, 0.15) is 12.0 Å². The monoisotopic (exact) mass is 271 g/mol. The molecule has 18 heavy (non-hydrogen) atoms. The fourth-order valence-electron chi connectivity index (χ4n) is 1.48. The number of thioether (sulfide) groups is 1.